The Balaban J connectivity index is 2.93. The third-order valence-electron chi connectivity index (χ3n) is 8.31. The van der Waals surface area contributed by atoms with Crippen molar-refractivity contribution < 1.29 is 21.8 Å². The monoisotopic (exact) mass is 624 g/mol. The van der Waals surface area contributed by atoms with Crippen LogP contribution in [0.25, 0.3) is 0 Å². The summed E-state index contributed by atoms with van der Waals surface area (Å²) in [5, 5.41) is -0.0822. The van der Waals surface area contributed by atoms with E-state index in [1.54, 1.807) is 55.4 Å². The molecule has 0 N–H and O–H groups in total. The molecule has 0 saturated carbocycles. The molecule has 41 heavy (non-hydrogen) atoms. The van der Waals surface area contributed by atoms with Gasteiger partial charge in [0.25, 0.3) is 0 Å². The van der Waals surface area contributed by atoms with E-state index in [4.69, 9.17) is 4.43 Å². The first-order valence-electron chi connectivity index (χ1n) is 14.5. The molecule has 1 aliphatic heterocycles. The minimum atomic E-state index is -3.81. The number of benzene rings is 1. The first-order valence-corrected chi connectivity index (χ1v) is 20.3. The van der Waals surface area contributed by atoms with E-state index in [0.717, 1.165) is 0 Å². The van der Waals surface area contributed by atoms with Crippen LogP contribution in [0.1, 0.15) is 68.2 Å². The van der Waals surface area contributed by atoms with Gasteiger partial charge < -0.3 is 4.43 Å². The number of ketones is 1. The second-order valence-corrected chi connectivity index (χ2v) is 23.4. The highest BCUT2D eigenvalue weighted by Gasteiger charge is 2.45. The second-order valence-electron chi connectivity index (χ2n) is 13.6. The zero-order valence-corrected chi connectivity index (χ0v) is 29.6. The van der Waals surface area contributed by atoms with Crippen molar-refractivity contribution in [2.24, 2.45) is 16.2 Å². The highest BCUT2D eigenvalue weighted by Crippen LogP contribution is 2.39. The summed E-state index contributed by atoms with van der Waals surface area (Å²) in [7, 11) is -7.87. The van der Waals surface area contributed by atoms with Crippen LogP contribution in [0.4, 0.5) is 0 Å². The number of nitrogens with zero attached hydrogens (tertiary/aromatic N) is 2. The van der Waals surface area contributed by atoms with Crippen molar-refractivity contribution in [3.05, 3.63) is 53.5 Å². The largest absolute Gasteiger partial charge is 0.415 e. The molecule has 0 radical (unpaired) electrons. The SMILES string of the molecule is CN=S(=O)(/C1=C/[C@@H](C(C)C)C(CO[Si](C)(C)C(C)(C)C)N(S(=O)(=O)C(C)(C)C)C/C=C/CCC1=O)c1ccccc1. The van der Waals surface area contributed by atoms with Crippen LogP contribution in [0.2, 0.25) is 18.1 Å². The molecular weight excluding hydrogens is 573 g/mol. The predicted molar refractivity (Wildman–Crippen MR) is 173 cm³/mol. The van der Waals surface area contributed by atoms with Gasteiger partial charge in [0.05, 0.1) is 27.2 Å². The zero-order valence-electron chi connectivity index (χ0n) is 26.9. The molecule has 0 aliphatic carbocycles. The average molecular weight is 625 g/mol. The van der Waals surface area contributed by atoms with Crippen molar-refractivity contribution in [3.63, 3.8) is 0 Å². The molecule has 2 rings (SSSR count). The third-order valence-corrected chi connectivity index (χ3v) is 17.8. The molecule has 7 nitrogen and oxygen atoms in total. The predicted octanol–water partition coefficient (Wildman–Crippen LogP) is 7.04. The van der Waals surface area contributed by atoms with Gasteiger partial charge in [0, 0.05) is 20.0 Å². The van der Waals surface area contributed by atoms with E-state index < -0.39 is 44.8 Å². The fraction of sp³-hybridized carbons (Fsp3) is 0.645. The molecule has 0 spiro atoms. The molecule has 0 fully saturated rings. The summed E-state index contributed by atoms with van der Waals surface area (Å²) in [6, 6.07) is 8.23. The average Bonchev–Trinajstić information content (AvgIpc) is 2.89. The summed E-state index contributed by atoms with van der Waals surface area (Å²) in [6.07, 6.45) is 6.01. The lowest BCUT2D eigenvalue weighted by Gasteiger charge is -2.43. The van der Waals surface area contributed by atoms with Crippen LogP contribution in [0.5, 0.6) is 0 Å². The van der Waals surface area contributed by atoms with Crippen molar-refractivity contribution in [1.29, 1.82) is 0 Å². The summed E-state index contributed by atoms with van der Waals surface area (Å²) in [5.74, 6) is -0.797. The van der Waals surface area contributed by atoms with Crippen LogP contribution in [0.3, 0.4) is 0 Å². The lowest BCUT2D eigenvalue weighted by Crippen LogP contribution is -2.55. The van der Waals surface area contributed by atoms with E-state index in [2.05, 4.69) is 38.2 Å². The lowest BCUT2D eigenvalue weighted by atomic mass is 9.87. The lowest BCUT2D eigenvalue weighted by molar-refractivity contribution is -0.114. The molecule has 3 atom stereocenters. The first kappa shape index (κ1) is 35.6. The fourth-order valence-corrected chi connectivity index (χ4v) is 9.00. The number of hydrogen-bond acceptors (Lipinski definition) is 6. The van der Waals surface area contributed by atoms with Crippen molar-refractivity contribution >= 4 is 33.9 Å². The molecule has 1 aromatic carbocycles. The summed E-state index contributed by atoms with van der Waals surface area (Å²) < 4.78 is 54.5. The molecule has 0 bridgehead atoms. The van der Waals surface area contributed by atoms with Gasteiger partial charge in [-0.1, -0.05) is 71.0 Å². The van der Waals surface area contributed by atoms with E-state index in [9.17, 15) is 17.4 Å². The number of Topliss-reactive ketones (excluding diaryl/α,β-unsaturated/α-hetero) is 1. The Kier molecular flexibility index (Phi) is 11.6. The van der Waals surface area contributed by atoms with Gasteiger partial charge in [0.15, 0.2) is 14.1 Å². The molecule has 1 aliphatic rings. The molecule has 1 aromatic rings. The van der Waals surface area contributed by atoms with Gasteiger partial charge in [0.1, 0.15) is 9.73 Å². The van der Waals surface area contributed by atoms with E-state index in [1.165, 1.54) is 7.05 Å². The Labute approximate surface area is 251 Å². The Morgan fingerprint density at radius 3 is 2.10 bits per heavy atom. The van der Waals surface area contributed by atoms with Crippen LogP contribution in [-0.2, 0) is 29.0 Å². The second kappa shape index (κ2) is 13.4. The first-order chi connectivity index (χ1) is 18.7. The summed E-state index contributed by atoms with van der Waals surface area (Å²) >= 11 is 0. The quantitative estimate of drug-likeness (QED) is 0.240. The van der Waals surface area contributed by atoms with E-state index in [1.807, 2.05) is 32.1 Å². The van der Waals surface area contributed by atoms with Crippen molar-refractivity contribution in [2.75, 3.05) is 20.2 Å². The normalized spacial score (nSPS) is 24.2. The van der Waals surface area contributed by atoms with Gasteiger partial charge in [-0.2, -0.15) is 4.31 Å². The van der Waals surface area contributed by atoms with Gasteiger partial charge >= 0.3 is 0 Å². The van der Waals surface area contributed by atoms with Crippen LogP contribution >= 0.6 is 0 Å². The highest BCUT2D eigenvalue weighted by molar-refractivity contribution is 7.98. The molecule has 10 heteroatoms. The minimum absolute atomic E-state index is 0.0822. The smallest absolute Gasteiger partial charge is 0.219 e. The zero-order chi connectivity index (χ0) is 31.4. The van der Waals surface area contributed by atoms with E-state index in [0.29, 0.717) is 11.3 Å². The molecule has 1 heterocycles. The number of sulfonamides is 1. The van der Waals surface area contributed by atoms with Gasteiger partial charge in [0.2, 0.25) is 10.0 Å². The van der Waals surface area contributed by atoms with Crippen LogP contribution < -0.4 is 0 Å². The number of carbonyl (C=O) groups excluding carboxylic acids is 1. The number of hydrogen-bond donors (Lipinski definition) is 0. The Hall–Kier alpha value is -1.59. The van der Waals surface area contributed by atoms with Gasteiger partial charge in [-0.25, -0.2) is 17.0 Å². The van der Waals surface area contributed by atoms with Gasteiger partial charge in [-0.15, -0.1) is 0 Å². The van der Waals surface area contributed by atoms with Crippen molar-refractivity contribution in [3.8, 4) is 0 Å². The number of carbonyl (C=O) groups is 1. The molecule has 2 unspecified atom stereocenters. The summed E-state index contributed by atoms with van der Waals surface area (Å²) in [5.41, 5.74) is 0. The van der Waals surface area contributed by atoms with E-state index >= 15 is 0 Å². The summed E-state index contributed by atoms with van der Waals surface area (Å²) in [6.45, 7) is 20.2. The third kappa shape index (κ3) is 8.07. The van der Waals surface area contributed by atoms with Crippen molar-refractivity contribution in [2.45, 2.75) is 102 Å². The Morgan fingerprint density at radius 1 is 1.02 bits per heavy atom. The molecule has 0 amide bonds. The minimum Gasteiger partial charge on any atom is -0.415 e. The highest BCUT2D eigenvalue weighted by atomic mass is 32.2. The van der Waals surface area contributed by atoms with Crippen LogP contribution in [0.15, 0.2) is 62.7 Å². The van der Waals surface area contributed by atoms with Crippen LogP contribution in [0, 0.1) is 11.8 Å². The van der Waals surface area contributed by atoms with Gasteiger partial charge in [-0.3, -0.25) is 4.79 Å². The maximum Gasteiger partial charge on any atom is 0.219 e. The summed E-state index contributed by atoms with van der Waals surface area (Å²) in [4.78, 5) is 14.4. The van der Waals surface area contributed by atoms with E-state index in [-0.39, 0.29) is 41.2 Å². The molecular formula is C31H52N2O5S2Si. The molecule has 232 valence electrons. The maximum atomic E-state index is 14.6. The standard InChI is InChI=1S/C31H52N2O5S2Si/c1-24(2)26-22-29(39(35,32-9)25-18-14-12-15-19-25)28(34)20-16-13-17-21-33(40(36,37)30(3,4)5)27(26)23-38-41(10,11)31(6,7)8/h12-15,17-19,22,24,26-27H,16,20-21,23H2,1-11H3/b17-13+,29-22+/t26-,27?,39?/m0/s1. The van der Waals surface area contributed by atoms with Crippen LogP contribution in [-0.4, -0.2) is 62.0 Å². The fourth-order valence-electron chi connectivity index (χ4n) is 4.49. The van der Waals surface area contributed by atoms with Crippen molar-refractivity contribution in [1.82, 2.24) is 4.31 Å². The maximum absolute atomic E-state index is 14.6. The topological polar surface area (TPSA) is 93.1 Å². The number of allylic oxidation sites excluding steroid dienone is 2. The Morgan fingerprint density at radius 2 is 1.61 bits per heavy atom. The molecule has 0 aromatic heterocycles. The Bertz CT molecular complexity index is 1340. The molecule has 0 saturated heterocycles. The number of rotatable bonds is 7. The van der Waals surface area contributed by atoms with Gasteiger partial charge in [-0.05, 0) is 69.3 Å².